The third-order valence-electron chi connectivity index (χ3n) is 3.82. The Morgan fingerprint density at radius 1 is 1.38 bits per heavy atom. The number of aromatic nitrogens is 4. The highest BCUT2D eigenvalue weighted by atomic mass is 32.2. The predicted molar refractivity (Wildman–Crippen MR) is 85.6 cm³/mol. The minimum absolute atomic E-state index is 0.0463. The van der Waals surface area contributed by atoms with Gasteiger partial charge in [0.05, 0.1) is 22.1 Å². The molecule has 0 aromatic carbocycles. The first-order valence-corrected chi connectivity index (χ1v) is 7.83. The maximum atomic E-state index is 12.4. The number of nitrogens with zero attached hydrogens (tertiary/aromatic N) is 4. The molecule has 0 saturated carbocycles. The van der Waals surface area contributed by atoms with Crippen LogP contribution in [0.25, 0.3) is 0 Å². The van der Waals surface area contributed by atoms with E-state index >= 15 is 0 Å². The van der Waals surface area contributed by atoms with Gasteiger partial charge in [0, 0.05) is 24.3 Å². The fraction of sp³-hybridized carbons (Fsp3) is 0.500. The SMILES string of the molecule is CC1=Nc2c(c(=O)[nH]n2C(C)C)C(c2cnn(C)c2C)S1. The van der Waals surface area contributed by atoms with Gasteiger partial charge in [0.2, 0.25) is 0 Å². The molecule has 0 saturated heterocycles. The Hall–Kier alpha value is -1.76. The van der Waals surface area contributed by atoms with Gasteiger partial charge in [-0.1, -0.05) is 11.8 Å². The van der Waals surface area contributed by atoms with Crippen LogP contribution in [0.4, 0.5) is 5.82 Å². The van der Waals surface area contributed by atoms with Crippen LogP contribution in [0.5, 0.6) is 0 Å². The van der Waals surface area contributed by atoms with E-state index in [1.54, 1.807) is 11.8 Å². The van der Waals surface area contributed by atoms with E-state index in [0.29, 0.717) is 0 Å². The summed E-state index contributed by atoms with van der Waals surface area (Å²) in [4.78, 5) is 17.0. The first-order chi connectivity index (χ1) is 9.90. The number of hydrogen-bond acceptors (Lipinski definition) is 4. The van der Waals surface area contributed by atoms with E-state index < -0.39 is 0 Å². The van der Waals surface area contributed by atoms with Crippen molar-refractivity contribution in [2.24, 2.45) is 12.0 Å². The number of aliphatic imine (C=N–C) groups is 1. The Morgan fingerprint density at radius 2 is 2.10 bits per heavy atom. The van der Waals surface area contributed by atoms with E-state index in [9.17, 15) is 4.79 Å². The Balaban J connectivity index is 2.23. The van der Waals surface area contributed by atoms with Crippen molar-refractivity contribution in [3.63, 3.8) is 0 Å². The van der Waals surface area contributed by atoms with Gasteiger partial charge in [0.1, 0.15) is 0 Å². The lowest BCUT2D eigenvalue weighted by atomic mass is 10.1. The van der Waals surface area contributed by atoms with E-state index in [4.69, 9.17) is 0 Å². The number of thioether (sulfide) groups is 1. The van der Waals surface area contributed by atoms with Crippen LogP contribution in [0.15, 0.2) is 16.0 Å². The van der Waals surface area contributed by atoms with Crippen LogP contribution in [0.3, 0.4) is 0 Å². The summed E-state index contributed by atoms with van der Waals surface area (Å²) in [5.74, 6) is 0.750. The minimum atomic E-state index is -0.0595. The van der Waals surface area contributed by atoms with Crippen LogP contribution in [-0.2, 0) is 7.05 Å². The van der Waals surface area contributed by atoms with Crippen molar-refractivity contribution in [1.29, 1.82) is 0 Å². The summed E-state index contributed by atoms with van der Waals surface area (Å²) in [7, 11) is 1.91. The topological polar surface area (TPSA) is 68.0 Å². The molecule has 3 heterocycles. The average molecular weight is 305 g/mol. The van der Waals surface area contributed by atoms with Crippen LogP contribution in [0, 0.1) is 6.92 Å². The Bertz CT molecular complexity index is 780. The van der Waals surface area contributed by atoms with Gasteiger partial charge >= 0.3 is 0 Å². The van der Waals surface area contributed by atoms with Gasteiger partial charge in [-0.3, -0.25) is 19.3 Å². The zero-order chi connectivity index (χ0) is 15.3. The monoisotopic (exact) mass is 305 g/mol. The molecule has 7 heteroatoms. The number of nitrogens with one attached hydrogen (secondary N) is 1. The quantitative estimate of drug-likeness (QED) is 0.927. The molecule has 1 atom stereocenters. The zero-order valence-electron chi connectivity index (χ0n) is 12.8. The number of rotatable bonds is 2. The standard InChI is InChI=1S/C14H19N5OS/c1-7(2)19-13-11(14(20)17-19)12(21-9(4)16-13)10-6-15-18(5)8(10)3/h6-7,12H,1-5H3,(H,17,20). The smallest absolute Gasteiger partial charge is 0.271 e. The second kappa shape index (κ2) is 4.91. The van der Waals surface area contributed by atoms with E-state index in [1.165, 1.54) is 0 Å². The maximum absolute atomic E-state index is 12.4. The highest BCUT2D eigenvalue weighted by Crippen LogP contribution is 2.44. The normalized spacial score (nSPS) is 18.0. The first-order valence-electron chi connectivity index (χ1n) is 6.95. The molecule has 1 N–H and O–H groups in total. The highest BCUT2D eigenvalue weighted by molar-refractivity contribution is 8.14. The van der Waals surface area contributed by atoms with E-state index in [1.807, 2.05) is 50.3 Å². The molecule has 0 spiro atoms. The number of hydrogen-bond donors (Lipinski definition) is 1. The van der Waals surface area contributed by atoms with Crippen molar-refractivity contribution >= 4 is 22.6 Å². The van der Waals surface area contributed by atoms with Crippen molar-refractivity contribution in [2.45, 2.75) is 39.0 Å². The van der Waals surface area contributed by atoms with Gasteiger partial charge < -0.3 is 0 Å². The maximum Gasteiger partial charge on any atom is 0.271 e. The third kappa shape index (κ3) is 2.16. The fourth-order valence-electron chi connectivity index (χ4n) is 2.58. The number of fused-ring (bicyclic) bond motifs is 1. The van der Waals surface area contributed by atoms with Crippen LogP contribution < -0.4 is 5.56 Å². The molecule has 6 nitrogen and oxygen atoms in total. The fourth-order valence-corrected chi connectivity index (χ4v) is 3.74. The number of H-pyrrole nitrogens is 1. The molecule has 1 aliphatic rings. The van der Waals surface area contributed by atoms with E-state index in [0.717, 1.165) is 27.7 Å². The summed E-state index contributed by atoms with van der Waals surface area (Å²) >= 11 is 1.61. The number of aryl methyl sites for hydroxylation is 1. The largest absolute Gasteiger partial charge is 0.273 e. The molecule has 2 aromatic rings. The minimum Gasteiger partial charge on any atom is -0.273 e. The molecule has 0 aliphatic carbocycles. The molecule has 1 unspecified atom stereocenters. The molecule has 0 fully saturated rings. The molecule has 0 radical (unpaired) electrons. The van der Waals surface area contributed by atoms with Gasteiger partial charge in [0.15, 0.2) is 5.82 Å². The van der Waals surface area contributed by atoms with Crippen molar-refractivity contribution < 1.29 is 0 Å². The molecule has 1 aliphatic heterocycles. The molecule has 21 heavy (non-hydrogen) atoms. The van der Waals surface area contributed by atoms with Gasteiger partial charge in [-0.25, -0.2) is 4.99 Å². The predicted octanol–water partition coefficient (Wildman–Crippen LogP) is 2.69. The molecule has 112 valence electrons. The van der Waals surface area contributed by atoms with Crippen molar-refractivity contribution in [2.75, 3.05) is 0 Å². The van der Waals surface area contributed by atoms with E-state index in [2.05, 4.69) is 15.2 Å². The number of aromatic amines is 1. The molecule has 0 amide bonds. The summed E-state index contributed by atoms with van der Waals surface area (Å²) < 4.78 is 3.68. The van der Waals surface area contributed by atoms with Gasteiger partial charge in [0.25, 0.3) is 5.56 Å². The summed E-state index contributed by atoms with van der Waals surface area (Å²) in [6.07, 6.45) is 1.85. The second-order valence-corrected chi connectivity index (χ2v) is 6.88. The Labute approximate surface area is 127 Å². The van der Waals surface area contributed by atoms with Crippen molar-refractivity contribution in [3.05, 3.63) is 33.4 Å². The molecular weight excluding hydrogens is 286 g/mol. The summed E-state index contributed by atoms with van der Waals surface area (Å²) in [6.45, 7) is 8.08. The summed E-state index contributed by atoms with van der Waals surface area (Å²) in [5, 5.41) is 8.14. The van der Waals surface area contributed by atoms with E-state index in [-0.39, 0.29) is 16.9 Å². The zero-order valence-corrected chi connectivity index (χ0v) is 13.7. The van der Waals surface area contributed by atoms with Crippen LogP contribution >= 0.6 is 11.8 Å². The van der Waals surface area contributed by atoms with Crippen molar-refractivity contribution in [1.82, 2.24) is 19.6 Å². The van der Waals surface area contributed by atoms with Crippen LogP contribution in [0.2, 0.25) is 0 Å². The van der Waals surface area contributed by atoms with Gasteiger partial charge in [-0.05, 0) is 27.7 Å². The molecule has 3 rings (SSSR count). The third-order valence-corrected chi connectivity index (χ3v) is 4.98. The van der Waals surface area contributed by atoms with Crippen molar-refractivity contribution in [3.8, 4) is 0 Å². The molecule has 0 bridgehead atoms. The lowest BCUT2D eigenvalue weighted by Gasteiger charge is -2.21. The lowest BCUT2D eigenvalue weighted by molar-refractivity contribution is 0.533. The molecule has 2 aromatic heterocycles. The molecular formula is C14H19N5OS. The Morgan fingerprint density at radius 3 is 2.67 bits per heavy atom. The summed E-state index contributed by atoms with van der Waals surface area (Å²) in [6, 6.07) is 0.164. The van der Waals surface area contributed by atoms with Crippen LogP contribution in [-0.4, -0.2) is 24.6 Å². The highest BCUT2D eigenvalue weighted by Gasteiger charge is 2.32. The summed E-state index contributed by atoms with van der Waals surface area (Å²) in [5.41, 5.74) is 2.82. The first kappa shape index (κ1) is 14.2. The average Bonchev–Trinajstić information content (AvgIpc) is 2.91. The second-order valence-electron chi connectivity index (χ2n) is 5.58. The Kier molecular flexibility index (Phi) is 3.32. The van der Waals surface area contributed by atoms with Gasteiger partial charge in [-0.2, -0.15) is 5.10 Å². The van der Waals surface area contributed by atoms with Crippen LogP contribution in [0.1, 0.15) is 48.9 Å². The van der Waals surface area contributed by atoms with Gasteiger partial charge in [-0.15, -0.1) is 0 Å². The lowest BCUT2D eigenvalue weighted by Crippen LogP contribution is -2.14.